The second-order valence-corrected chi connectivity index (χ2v) is 5.62. The summed E-state index contributed by atoms with van der Waals surface area (Å²) in [5, 5.41) is 14.3. The molecule has 0 aliphatic rings. The van der Waals surface area contributed by atoms with Gasteiger partial charge in [-0.1, -0.05) is 13.8 Å². The third kappa shape index (κ3) is 6.74. The van der Waals surface area contributed by atoms with Gasteiger partial charge in [-0.25, -0.2) is 4.79 Å². The minimum atomic E-state index is -0.842. The molecule has 6 heteroatoms. The number of anilines is 1. The number of carbonyl (C=O) groups is 2. The Morgan fingerprint density at radius 2 is 2.10 bits per heavy atom. The zero-order valence-corrected chi connectivity index (χ0v) is 12.7. The highest BCUT2D eigenvalue weighted by molar-refractivity contribution is 5.89. The van der Waals surface area contributed by atoms with Gasteiger partial charge in [0.1, 0.15) is 0 Å². The van der Waals surface area contributed by atoms with Crippen molar-refractivity contribution in [2.75, 3.05) is 11.9 Å². The molecule has 1 aromatic heterocycles. The number of urea groups is 1. The molecular formula is C15H23N3O3. The Morgan fingerprint density at radius 1 is 1.38 bits per heavy atom. The van der Waals surface area contributed by atoms with Crippen molar-refractivity contribution in [2.45, 2.75) is 33.6 Å². The largest absolute Gasteiger partial charge is 0.481 e. The molecule has 2 amide bonds. The minimum absolute atomic E-state index is 0.0599. The van der Waals surface area contributed by atoms with Gasteiger partial charge in [-0.05, 0) is 36.8 Å². The highest BCUT2D eigenvalue weighted by Gasteiger charge is 2.16. The summed E-state index contributed by atoms with van der Waals surface area (Å²) in [5.74, 6) is -0.519. The molecular weight excluding hydrogens is 270 g/mol. The number of hydrogen-bond acceptors (Lipinski definition) is 3. The molecule has 0 fully saturated rings. The first-order valence-corrected chi connectivity index (χ1v) is 7.05. The number of carboxylic acids is 1. The molecule has 3 N–H and O–H groups in total. The lowest BCUT2D eigenvalue weighted by atomic mass is 9.94. The Hall–Kier alpha value is -2.11. The van der Waals surface area contributed by atoms with Crippen molar-refractivity contribution in [2.24, 2.45) is 11.8 Å². The van der Waals surface area contributed by atoms with Crippen LogP contribution in [0.5, 0.6) is 0 Å². The maximum Gasteiger partial charge on any atom is 0.319 e. The van der Waals surface area contributed by atoms with Crippen LogP contribution in [0.2, 0.25) is 0 Å². The van der Waals surface area contributed by atoms with E-state index in [2.05, 4.69) is 15.6 Å². The van der Waals surface area contributed by atoms with Crippen molar-refractivity contribution < 1.29 is 14.7 Å². The van der Waals surface area contributed by atoms with Gasteiger partial charge in [0.2, 0.25) is 0 Å². The molecule has 0 aliphatic heterocycles. The van der Waals surface area contributed by atoms with Gasteiger partial charge in [0.25, 0.3) is 0 Å². The third-order valence-electron chi connectivity index (χ3n) is 3.11. The fourth-order valence-electron chi connectivity index (χ4n) is 2.15. The van der Waals surface area contributed by atoms with Gasteiger partial charge in [0.15, 0.2) is 0 Å². The van der Waals surface area contributed by atoms with Crippen LogP contribution in [0.15, 0.2) is 18.5 Å². The van der Waals surface area contributed by atoms with Crippen molar-refractivity contribution in [1.29, 1.82) is 0 Å². The second-order valence-electron chi connectivity index (χ2n) is 5.62. The summed E-state index contributed by atoms with van der Waals surface area (Å²) >= 11 is 0. The van der Waals surface area contributed by atoms with Crippen LogP contribution in [0.3, 0.4) is 0 Å². The summed E-state index contributed by atoms with van der Waals surface area (Å²) in [7, 11) is 0. The Labute approximate surface area is 125 Å². The van der Waals surface area contributed by atoms with Gasteiger partial charge in [0.05, 0.1) is 11.9 Å². The van der Waals surface area contributed by atoms with Crippen molar-refractivity contribution in [3.8, 4) is 0 Å². The lowest BCUT2D eigenvalue weighted by Gasteiger charge is -2.18. The molecule has 0 bridgehead atoms. The number of nitrogens with one attached hydrogen (secondary N) is 2. The molecule has 0 aromatic carbocycles. The first-order chi connectivity index (χ1) is 9.88. The van der Waals surface area contributed by atoms with E-state index in [1.165, 1.54) is 0 Å². The standard InChI is InChI=1S/C15H23N3O3/c1-10(2)6-12(7-14(19)20)8-17-15(21)18-13-9-16-5-4-11(13)3/h4-5,9-10,12H,6-8H2,1-3H3,(H,19,20)(H2,17,18,21). The lowest BCUT2D eigenvalue weighted by molar-refractivity contribution is -0.138. The van der Waals surface area contributed by atoms with E-state index in [4.69, 9.17) is 5.11 Å². The molecule has 0 saturated heterocycles. The second kappa shape index (κ2) is 8.24. The van der Waals surface area contributed by atoms with Crippen molar-refractivity contribution in [3.63, 3.8) is 0 Å². The molecule has 0 spiro atoms. The van der Waals surface area contributed by atoms with Crippen LogP contribution in [-0.2, 0) is 4.79 Å². The predicted octanol–water partition coefficient (Wildman–Crippen LogP) is 2.65. The molecule has 0 aliphatic carbocycles. The molecule has 1 heterocycles. The molecule has 0 radical (unpaired) electrons. The molecule has 1 rings (SSSR count). The van der Waals surface area contributed by atoms with Crippen LogP contribution in [0.25, 0.3) is 0 Å². The third-order valence-corrected chi connectivity index (χ3v) is 3.11. The zero-order chi connectivity index (χ0) is 15.8. The molecule has 21 heavy (non-hydrogen) atoms. The summed E-state index contributed by atoms with van der Waals surface area (Å²) in [4.78, 5) is 26.6. The number of aryl methyl sites for hydroxylation is 1. The quantitative estimate of drug-likeness (QED) is 0.720. The summed E-state index contributed by atoms with van der Waals surface area (Å²) in [5.41, 5.74) is 1.57. The molecule has 0 saturated carbocycles. The Morgan fingerprint density at radius 3 is 2.67 bits per heavy atom. The number of aliphatic carboxylic acids is 1. The number of aromatic nitrogens is 1. The summed E-state index contributed by atoms with van der Waals surface area (Å²) in [6.07, 6.45) is 4.06. The van der Waals surface area contributed by atoms with Crippen LogP contribution < -0.4 is 10.6 Å². The smallest absolute Gasteiger partial charge is 0.319 e. The normalized spacial score (nSPS) is 12.0. The summed E-state index contributed by atoms with van der Waals surface area (Å²) in [6, 6.07) is 1.46. The topological polar surface area (TPSA) is 91.3 Å². The maximum atomic E-state index is 11.8. The van der Waals surface area contributed by atoms with Crippen LogP contribution in [0, 0.1) is 18.8 Å². The van der Waals surface area contributed by atoms with Crippen LogP contribution in [0.1, 0.15) is 32.3 Å². The van der Waals surface area contributed by atoms with Gasteiger partial charge >= 0.3 is 12.0 Å². The number of rotatable bonds is 7. The molecule has 1 unspecified atom stereocenters. The van der Waals surface area contributed by atoms with E-state index in [-0.39, 0.29) is 18.4 Å². The number of nitrogens with zero attached hydrogens (tertiary/aromatic N) is 1. The van der Waals surface area contributed by atoms with E-state index in [1.54, 1.807) is 12.4 Å². The van der Waals surface area contributed by atoms with E-state index >= 15 is 0 Å². The first kappa shape index (κ1) is 16.9. The number of amides is 2. The number of pyridine rings is 1. The molecule has 6 nitrogen and oxygen atoms in total. The monoisotopic (exact) mass is 293 g/mol. The van der Waals surface area contributed by atoms with Crippen molar-refractivity contribution >= 4 is 17.7 Å². The van der Waals surface area contributed by atoms with E-state index in [1.807, 2.05) is 26.8 Å². The van der Waals surface area contributed by atoms with E-state index in [0.29, 0.717) is 18.2 Å². The molecule has 1 aromatic rings. The van der Waals surface area contributed by atoms with Crippen molar-refractivity contribution in [1.82, 2.24) is 10.3 Å². The highest BCUT2D eigenvalue weighted by atomic mass is 16.4. The Balaban J connectivity index is 2.49. The maximum absolute atomic E-state index is 11.8. The molecule has 1 atom stereocenters. The first-order valence-electron chi connectivity index (χ1n) is 7.05. The fraction of sp³-hybridized carbons (Fsp3) is 0.533. The van der Waals surface area contributed by atoms with Crippen LogP contribution in [0.4, 0.5) is 10.5 Å². The highest BCUT2D eigenvalue weighted by Crippen LogP contribution is 2.15. The Bertz CT molecular complexity index is 489. The van der Waals surface area contributed by atoms with E-state index in [0.717, 1.165) is 12.0 Å². The van der Waals surface area contributed by atoms with Crippen LogP contribution in [-0.4, -0.2) is 28.6 Å². The Kier molecular flexibility index (Phi) is 6.65. The summed E-state index contributed by atoms with van der Waals surface area (Å²) in [6.45, 7) is 6.29. The van der Waals surface area contributed by atoms with Crippen molar-refractivity contribution in [3.05, 3.63) is 24.0 Å². The average Bonchev–Trinajstić information content (AvgIpc) is 2.37. The summed E-state index contributed by atoms with van der Waals surface area (Å²) < 4.78 is 0. The van der Waals surface area contributed by atoms with Gasteiger partial charge in [-0.15, -0.1) is 0 Å². The average molecular weight is 293 g/mol. The fourth-order valence-corrected chi connectivity index (χ4v) is 2.15. The van der Waals surface area contributed by atoms with E-state index in [9.17, 15) is 9.59 Å². The predicted molar refractivity (Wildman–Crippen MR) is 81.2 cm³/mol. The minimum Gasteiger partial charge on any atom is -0.481 e. The number of hydrogen-bond donors (Lipinski definition) is 3. The van der Waals surface area contributed by atoms with Crippen LogP contribution >= 0.6 is 0 Å². The van der Waals surface area contributed by atoms with Gasteiger partial charge < -0.3 is 15.7 Å². The lowest BCUT2D eigenvalue weighted by Crippen LogP contribution is -2.34. The SMILES string of the molecule is Cc1ccncc1NC(=O)NCC(CC(=O)O)CC(C)C. The number of carbonyl (C=O) groups excluding carboxylic acids is 1. The van der Waals surface area contributed by atoms with Gasteiger partial charge in [-0.2, -0.15) is 0 Å². The van der Waals surface area contributed by atoms with Gasteiger partial charge in [-0.3, -0.25) is 9.78 Å². The van der Waals surface area contributed by atoms with Gasteiger partial charge in [0, 0.05) is 19.2 Å². The number of carboxylic acid groups (broad SMARTS) is 1. The zero-order valence-electron chi connectivity index (χ0n) is 12.7. The van der Waals surface area contributed by atoms with E-state index < -0.39 is 5.97 Å². The molecule has 116 valence electrons.